The van der Waals surface area contributed by atoms with Crippen molar-refractivity contribution in [1.29, 1.82) is 5.26 Å². The van der Waals surface area contributed by atoms with Crippen molar-refractivity contribution < 1.29 is 4.79 Å². The highest BCUT2D eigenvalue weighted by molar-refractivity contribution is 9.10. The van der Waals surface area contributed by atoms with Crippen molar-refractivity contribution >= 4 is 21.8 Å². The van der Waals surface area contributed by atoms with Crippen LogP contribution in [0.15, 0.2) is 22.9 Å². The van der Waals surface area contributed by atoms with Crippen molar-refractivity contribution in [2.75, 3.05) is 7.05 Å². The normalized spacial score (nSPS) is 17.5. The van der Waals surface area contributed by atoms with E-state index in [1.54, 1.807) is 24.2 Å². The Morgan fingerprint density at radius 3 is 2.68 bits per heavy atom. The Balaban J connectivity index is 2.25. The van der Waals surface area contributed by atoms with Crippen LogP contribution in [0, 0.1) is 11.3 Å². The van der Waals surface area contributed by atoms with Gasteiger partial charge in [-0.1, -0.05) is 19.3 Å². The number of amides is 1. The van der Waals surface area contributed by atoms with Crippen molar-refractivity contribution in [3.8, 4) is 6.07 Å². The van der Waals surface area contributed by atoms with Crippen molar-refractivity contribution in [2.45, 2.75) is 37.6 Å². The zero-order valence-corrected chi connectivity index (χ0v) is 12.5. The minimum absolute atomic E-state index is 0.141. The second-order valence-electron chi connectivity index (χ2n) is 4.96. The van der Waals surface area contributed by atoms with Gasteiger partial charge in [0.15, 0.2) is 0 Å². The Labute approximate surface area is 121 Å². The maximum Gasteiger partial charge on any atom is 0.256 e. The van der Waals surface area contributed by atoms with Gasteiger partial charge < -0.3 is 4.90 Å². The molecule has 1 aromatic heterocycles. The van der Waals surface area contributed by atoms with Crippen LogP contribution in [0.3, 0.4) is 0 Å². The third kappa shape index (κ3) is 2.79. The Morgan fingerprint density at radius 2 is 2.11 bits per heavy atom. The highest BCUT2D eigenvalue weighted by atomic mass is 79.9. The number of rotatable bonds is 2. The van der Waals surface area contributed by atoms with E-state index in [0.29, 0.717) is 5.56 Å². The van der Waals surface area contributed by atoms with E-state index in [-0.39, 0.29) is 5.91 Å². The van der Waals surface area contributed by atoms with Gasteiger partial charge in [0.25, 0.3) is 5.91 Å². The molecule has 0 unspecified atom stereocenters. The molecular formula is C14H16BrN3O. The summed E-state index contributed by atoms with van der Waals surface area (Å²) in [6.07, 6.45) is 7.84. The first-order valence-corrected chi connectivity index (χ1v) is 7.18. The SMILES string of the molecule is CN(C(=O)c1cncc(Br)c1)C1(C#N)CCCCC1. The summed E-state index contributed by atoms with van der Waals surface area (Å²) in [4.78, 5) is 18.1. The lowest BCUT2D eigenvalue weighted by Gasteiger charge is -2.39. The molecule has 1 amide bonds. The minimum Gasteiger partial charge on any atom is -0.323 e. The molecule has 1 aliphatic carbocycles. The molecule has 0 saturated heterocycles. The van der Waals surface area contributed by atoms with E-state index in [2.05, 4.69) is 27.0 Å². The minimum atomic E-state index is -0.655. The van der Waals surface area contributed by atoms with Crippen molar-refractivity contribution in [3.05, 3.63) is 28.5 Å². The molecule has 0 aromatic carbocycles. The molecule has 1 heterocycles. The van der Waals surface area contributed by atoms with Gasteiger partial charge in [-0.15, -0.1) is 0 Å². The average molecular weight is 322 g/mol. The molecule has 100 valence electrons. The van der Waals surface area contributed by atoms with Gasteiger partial charge in [0, 0.05) is 23.9 Å². The third-order valence-corrected chi connectivity index (χ3v) is 4.22. The number of carbonyl (C=O) groups excluding carboxylic acids is 1. The molecule has 1 aliphatic rings. The van der Waals surface area contributed by atoms with Gasteiger partial charge in [0.05, 0.1) is 11.6 Å². The molecule has 0 atom stereocenters. The number of halogens is 1. The lowest BCUT2D eigenvalue weighted by molar-refractivity contribution is 0.0588. The number of hydrogen-bond donors (Lipinski definition) is 0. The first-order chi connectivity index (χ1) is 9.09. The van der Waals surface area contributed by atoms with E-state index >= 15 is 0 Å². The summed E-state index contributed by atoms with van der Waals surface area (Å²) in [5.41, 5.74) is -0.144. The zero-order chi connectivity index (χ0) is 13.9. The van der Waals surface area contributed by atoms with E-state index in [0.717, 1.165) is 36.6 Å². The monoisotopic (exact) mass is 321 g/mol. The highest BCUT2D eigenvalue weighted by Gasteiger charge is 2.39. The number of carbonyl (C=O) groups is 1. The topological polar surface area (TPSA) is 57.0 Å². The van der Waals surface area contributed by atoms with Crippen LogP contribution in [0.4, 0.5) is 0 Å². The van der Waals surface area contributed by atoms with Crippen molar-refractivity contribution in [1.82, 2.24) is 9.88 Å². The Bertz CT molecular complexity index is 518. The molecule has 1 aromatic rings. The Morgan fingerprint density at radius 1 is 1.42 bits per heavy atom. The maximum atomic E-state index is 12.5. The quantitative estimate of drug-likeness (QED) is 0.840. The van der Waals surface area contributed by atoms with Crippen LogP contribution >= 0.6 is 15.9 Å². The number of nitrogens with zero attached hydrogens (tertiary/aromatic N) is 3. The maximum absolute atomic E-state index is 12.5. The van der Waals surface area contributed by atoms with Crippen LogP contribution in [-0.2, 0) is 0 Å². The molecule has 5 heteroatoms. The van der Waals surface area contributed by atoms with Crippen LogP contribution in [0.5, 0.6) is 0 Å². The van der Waals surface area contributed by atoms with Gasteiger partial charge in [0.2, 0.25) is 0 Å². The van der Waals surface area contributed by atoms with Crippen LogP contribution < -0.4 is 0 Å². The summed E-state index contributed by atoms with van der Waals surface area (Å²) in [6.45, 7) is 0. The molecule has 2 rings (SSSR count). The molecule has 0 bridgehead atoms. The first kappa shape index (κ1) is 14.0. The summed E-state index contributed by atoms with van der Waals surface area (Å²) in [5.74, 6) is -0.141. The third-order valence-electron chi connectivity index (χ3n) is 3.79. The lowest BCUT2D eigenvalue weighted by atomic mass is 9.81. The molecule has 0 radical (unpaired) electrons. The molecular weight excluding hydrogens is 306 g/mol. The molecule has 1 fully saturated rings. The van der Waals surface area contributed by atoms with E-state index in [9.17, 15) is 10.1 Å². The molecule has 0 N–H and O–H groups in total. The summed E-state index contributed by atoms with van der Waals surface area (Å²) >= 11 is 3.31. The first-order valence-electron chi connectivity index (χ1n) is 6.39. The van der Waals surface area contributed by atoms with Gasteiger partial charge in [-0.25, -0.2) is 0 Å². The van der Waals surface area contributed by atoms with Crippen LogP contribution in [0.25, 0.3) is 0 Å². The number of hydrogen-bond acceptors (Lipinski definition) is 3. The van der Waals surface area contributed by atoms with Gasteiger partial charge in [-0.2, -0.15) is 5.26 Å². The largest absolute Gasteiger partial charge is 0.323 e. The standard InChI is InChI=1S/C14H16BrN3O/c1-18(14(10-16)5-3-2-4-6-14)13(19)11-7-12(15)9-17-8-11/h7-9H,2-6H2,1H3. The predicted molar refractivity (Wildman–Crippen MR) is 75.5 cm³/mol. The van der Waals surface area contributed by atoms with E-state index < -0.39 is 5.54 Å². The van der Waals surface area contributed by atoms with Gasteiger partial charge in [-0.3, -0.25) is 9.78 Å². The zero-order valence-electron chi connectivity index (χ0n) is 10.9. The number of pyridine rings is 1. The van der Waals surface area contributed by atoms with E-state index in [1.165, 1.54) is 6.20 Å². The number of nitriles is 1. The fourth-order valence-electron chi connectivity index (χ4n) is 2.58. The van der Waals surface area contributed by atoms with Crippen molar-refractivity contribution in [3.63, 3.8) is 0 Å². The van der Waals surface area contributed by atoms with Crippen LogP contribution in [0.2, 0.25) is 0 Å². The summed E-state index contributed by atoms with van der Waals surface area (Å²) < 4.78 is 0.765. The molecule has 19 heavy (non-hydrogen) atoms. The summed E-state index contributed by atoms with van der Waals surface area (Å²) in [5, 5.41) is 9.49. The fraction of sp³-hybridized carbons (Fsp3) is 0.500. The molecule has 0 spiro atoms. The van der Waals surface area contributed by atoms with Crippen molar-refractivity contribution in [2.24, 2.45) is 0 Å². The van der Waals surface area contributed by atoms with E-state index in [4.69, 9.17) is 0 Å². The van der Waals surface area contributed by atoms with Gasteiger partial charge in [0.1, 0.15) is 5.54 Å². The van der Waals surface area contributed by atoms with Gasteiger partial charge >= 0.3 is 0 Å². The molecule has 0 aliphatic heterocycles. The average Bonchev–Trinajstić information content (AvgIpc) is 2.46. The highest BCUT2D eigenvalue weighted by Crippen LogP contribution is 2.33. The predicted octanol–water partition coefficient (Wildman–Crippen LogP) is 3.14. The molecule has 1 saturated carbocycles. The Kier molecular flexibility index (Phi) is 4.20. The fourth-order valence-corrected chi connectivity index (χ4v) is 2.94. The number of aromatic nitrogens is 1. The Hall–Kier alpha value is -1.41. The lowest BCUT2D eigenvalue weighted by Crippen LogP contribution is -2.49. The van der Waals surface area contributed by atoms with E-state index in [1.807, 2.05) is 0 Å². The van der Waals surface area contributed by atoms with Gasteiger partial charge in [-0.05, 0) is 34.8 Å². The summed E-state index contributed by atoms with van der Waals surface area (Å²) in [6, 6.07) is 4.09. The second kappa shape index (κ2) is 5.70. The second-order valence-corrected chi connectivity index (χ2v) is 5.88. The van der Waals surface area contributed by atoms with Crippen LogP contribution in [0.1, 0.15) is 42.5 Å². The molecule has 4 nitrogen and oxygen atoms in total. The summed E-state index contributed by atoms with van der Waals surface area (Å²) in [7, 11) is 1.72. The van der Waals surface area contributed by atoms with Crippen LogP contribution in [-0.4, -0.2) is 28.4 Å². The smallest absolute Gasteiger partial charge is 0.256 e.